The Hall–Kier alpha value is -1.14. The van der Waals surface area contributed by atoms with Crippen molar-refractivity contribution in [3.8, 4) is 0 Å². The number of tetrazole rings is 1. The average Bonchev–Trinajstić information content (AvgIpc) is 2.64. The third-order valence-corrected chi connectivity index (χ3v) is 2.38. The zero-order chi connectivity index (χ0) is 12.4. The van der Waals surface area contributed by atoms with E-state index in [1.54, 1.807) is 13.1 Å². The Kier molecular flexibility index (Phi) is 5.10. The second-order valence-corrected chi connectivity index (χ2v) is 3.76. The molecular formula is C11H12N5OY-. The Morgan fingerprint density at radius 2 is 2.11 bits per heavy atom. The first-order chi connectivity index (χ1) is 8.08. The first kappa shape index (κ1) is 14.9. The molecule has 0 fully saturated rings. The maximum Gasteiger partial charge on any atom is 0.248 e. The minimum Gasteiger partial charge on any atom is -0.300 e. The fourth-order valence-electron chi connectivity index (χ4n) is 1.49. The van der Waals surface area contributed by atoms with E-state index in [1.165, 1.54) is 4.68 Å². The van der Waals surface area contributed by atoms with Crippen LogP contribution < -0.4 is 5.32 Å². The van der Waals surface area contributed by atoms with Gasteiger partial charge in [-0.15, -0.1) is 0 Å². The van der Waals surface area contributed by atoms with Gasteiger partial charge in [0.15, 0.2) is 0 Å². The van der Waals surface area contributed by atoms with Gasteiger partial charge >= 0.3 is 0 Å². The van der Waals surface area contributed by atoms with Crippen LogP contribution in [0.1, 0.15) is 21.5 Å². The minimum absolute atomic E-state index is 0. The zero-order valence-electron chi connectivity index (χ0n) is 10.4. The van der Waals surface area contributed by atoms with Crippen molar-refractivity contribution in [2.24, 2.45) is 7.05 Å². The molecule has 0 saturated carbocycles. The monoisotopic (exact) mass is 319 g/mol. The van der Waals surface area contributed by atoms with E-state index in [2.05, 4.69) is 26.9 Å². The van der Waals surface area contributed by atoms with Gasteiger partial charge in [0.25, 0.3) is 0 Å². The summed E-state index contributed by atoms with van der Waals surface area (Å²) in [6.07, 6.45) is 0. The Balaban J connectivity index is 0.00000162. The molecule has 0 spiro atoms. The predicted molar refractivity (Wildman–Crippen MR) is 61.5 cm³/mol. The zero-order valence-corrected chi connectivity index (χ0v) is 13.3. The number of carbonyl (C=O) groups excluding carboxylic acids is 1. The normalized spacial score (nSPS) is 9.72. The summed E-state index contributed by atoms with van der Waals surface area (Å²) < 4.78 is 1.39. The van der Waals surface area contributed by atoms with Crippen LogP contribution in [0.15, 0.2) is 12.1 Å². The summed E-state index contributed by atoms with van der Waals surface area (Å²) in [4.78, 5) is 12.0. The molecule has 2 rings (SSSR count). The fourth-order valence-corrected chi connectivity index (χ4v) is 1.49. The third kappa shape index (κ3) is 3.20. The molecule has 1 aromatic heterocycles. The van der Waals surface area contributed by atoms with E-state index in [1.807, 2.05) is 19.9 Å². The van der Waals surface area contributed by atoms with Crippen molar-refractivity contribution >= 4 is 11.9 Å². The van der Waals surface area contributed by atoms with Gasteiger partial charge < -0.3 is 0 Å². The van der Waals surface area contributed by atoms with Crippen LogP contribution in [0, 0.1) is 19.9 Å². The van der Waals surface area contributed by atoms with Crippen molar-refractivity contribution in [3.05, 3.63) is 34.9 Å². The fraction of sp³-hybridized carbons (Fsp3) is 0.273. The molecule has 0 saturated heterocycles. The number of carbonyl (C=O) groups is 1. The van der Waals surface area contributed by atoms with Crippen molar-refractivity contribution in [1.82, 2.24) is 20.2 Å². The van der Waals surface area contributed by atoms with Gasteiger partial charge in [-0.3, -0.25) is 10.1 Å². The first-order valence-corrected chi connectivity index (χ1v) is 5.11. The van der Waals surface area contributed by atoms with Crippen LogP contribution in [0.5, 0.6) is 0 Å². The number of aromatic nitrogens is 4. The Bertz CT molecular complexity index is 566. The maximum atomic E-state index is 12.0. The molecule has 0 aliphatic rings. The molecule has 18 heavy (non-hydrogen) atoms. The van der Waals surface area contributed by atoms with Gasteiger partial charge in [0, 0.05) is 39.8 Å². The molecule has 1 radical (unpaired) electrons. The van der Waals surface area contributed by atoms with Crippen molar-refractivity contribution in [2.45, 2.75) is 13.8 Å². The Morgan fingerprint density at radius 1 is 1.39 bits per heavy atom. The molecule has 0 unspecified atom stereocenters. The van der Waals surface area contributed by atoms with Gasteiger partial charge in [0.2, 0.25) is 11.9 Å². The van der Waals surface area contributed by atoms with Crippen LogP contribution in [0.25, 0.3) is 0 Å². The Morgan fingerprint density at radius 3 is 2.67 bits per heavy atom. The van der Waals surface area contributed by atoms with Gasteiger partial charge in [-0.25, -0.2) is 4.68 Å². The van der Waals surface area contributed by atoms with Crippen LogP contribution in [0.4, 0.5) is 5.95 Å². The molecule has 1 amide bonds. The molecule has 0 aliphatic heterocycles. The topological polar surface area (TPSA) is 72.7 Å². The molecule has 1 heterocycles. The van der Waals surface area contributed by atoms with Crippen molar-refractivity contribution in [2.75, 3.05) is 5.32 Å². The van der Waals surface area contributed by atoms with Crippen LogP contribution in [0.2, 0.25) is 0 Å². The number of anilines is 1. The molecule has 0 atom stereocenters. The summed E-state index contributed by atoms with van der Waals surface area (Å²) in [5.41, 5.74) is 2.37. The quantitative estimate of drug-likeness (QED) is 0.834. The largest absolute Gasteiger partial charge is 0.300 e. The average molecular weight is 319 g/mol. The number of amides is 1. The summed E-state index contributed by atoms with van der Waals surface area (Å²) >= 11 is 0. The summed E-state index contributed by atoms with van der Waals surface area (Å²) in [6.45, 7) is 3.78. The van der Waals surface area contributed by atoms with Crippen LogP contribution in [-0.4, -0.2) is 26.1 Å². The molecular weight excluding hydrogens is 307 g/mol. The number of hydrogen-bond acceptors (Lipinski definition) is 4. The second kappa shape index (κ2) is 6.15. The van der Waals surface area contributed by atoms with E-state index < -0.39 is 0 Å². The molecule has 91 valence electrons. The first-order valence-electron chi connectivity index (χ1n) is 5.11. The number of nitrogens with zero attached hydrogens (tertiary/aromatic N) is 4. The molecule has 1 N–H and O–H groups in total. The number of nitrogens with one attached hydrogen (secondary N) is 1. The van der Waals surface area contributed by atoms with Gasteiger partial charge in [0.1, 0.15) is 0 Å². The van der Waals surface area contributed by atoms with Gasteiger partial charge in [-0.1, -0.05) is 24.5 Å². The summed E-state index contributed by atoms with van der Waals surface area (Å²) in [7, 11) is 1.66. The Labute approximate surface area is 130 Å². The van der Waals surface area contributed by atoms with E-state index >= 15 is 0 Å². The van der Waals surface area contributed by atoms with Crippen molar-refractivity contribution in [1.29, 1.82) is 0 Å². The van der Waals surface area contributed by atoms with Gasteiger partial charge in [0.05, 0.1) is 0 Å². The molecule has 6 nitrogen and oxygen atoms in total. The van der Waals surface area contributed by atoms with Crippen molar-refractivity contribution in [3.63, 3.8) is 0 Å². The predicted octanol–water partition coefficient (Wildman–Crippen LogP) is 0.877. The number of aryl methyl sites for hydroxylation is 3. The molecule has 0 aliphatic carbocycles. The van der Waals surface area contributed by atoms with E-state index in [9.17, 15) is 4.79 Å². The summed E-state index contributed by atoms with van der Waals surface area (Å²) in [5.74, 6) is 0.0756. The molecule has 2 aromatic rings. The van der Waals surface area contributed by atoms with E-state index in [0.717, 1.165) is 11.1 Å². The summed E-state index contributed by atoms with van der Waals surface area (Å²) in [6, 6.07) is 6.70. The van der Waals surface area contributed by atoms with Gasteiger partial charge in [-0.05, 0) is 10.4 Å². The number of benzene rings is 1. The third-order valence-electron chi connectivity index (χ3n) is 2.38. The SMILES string of the molecule is Cc1[c-]c(C)c(C(=O)Nc2nnnn2C)cc1.[Y]. The van der Waals surface area contributed by atoms with Crippen LogP contribution >= 0.6 is 0 Å². The van der Waals surface area contributed by atoms with E-state index in [0.29, 0.717) is 11.5 Å². The number of rotatable bonds is 2. The van der Waals surface area contributed by atoms with Crippen LogP contribution in [0.3, 0.4) is 0 Å². The van der Waals surface area contributed by atoms with Crippen molar-refractivity contribution < 1.29 is 37.5 Å². The molecule has 1 aromatic carbocycles. The smallest absolute Gasteiger partial charge is 0.248 e. The maximum absolute atomic E-state index is 12.0. The van der Waals surface area contributed by atoms with E-state index in [4.69, 9.17) is 0 Å². The second-order valence-electron chi connectivity index (χ2n) is 3.76. The molecule has 7 heteroatoms. The standard InChI is InChI=1S/C11H12N5O.Y/c1-7-4-5-9(8(2)6-7)10(17)12-11-13-14-15-16(11)3;/h4-5H,1-3H3,(H,12,13,15,17);/q-1;. The minimum atomic E-state index is -0.239. The van der Waals surface area contributed by atoms with Gasteiger partial charge in [-0.2, -0.15) is 29.3 Å². The van der Waals surface area contributed by atoms with E-state index in [-0.39, 0.29) is 38.6 Å². The molecule has 0 bridgehead atoms. The summed E-state index contributed by atoms with van der Waals surface area (Å²) in [5, 5.41) is 13.4. The number of hydrogen-bond donors (Lipinski definition) is 1. The van der Waals surface area contributed by atoms with Crippen LogP contribution in [-0.2, 0) is 39.8 Å².